The maximum Gasteiger partial charge on any atom is 0.406 e. The van der Waals surface area contributed by atoms with Crippen LogP contribution in [0.1, 0.15) is 11.1 Å². The lowest BCUT2D eigenvalue weighted by atomic mass is 9.99. The molecule has 11 heteroatoms. The summed E-state index contributed by atoms with van der Waals surface area (Å²) < 4.78 is 45.8. The first-order valence-corrected chi connectivity index (χ1v) is 12.2. The number of methoxy groups -OCH3 is 1. The number of pyridine rings is 1. The summed E-state index contributed by atoms with van der Waals surface area (Å²) in [5.74, 6) is 0.619. The lowest BCUT2D eigenvalue weighted by Gasteiger charge is -2.35. The number of carbonyl (C=O) groups excluding carboxylic acids is 1. The molecule has 0 atom stereocenters. The zero-order valence-corrected chi connectivity index (χ0v) is 21.0. The van der Waals surface area contributed by atoms with Crippen LogP contribution in [-0.2, 0) is 11.2 Å². The van der Waals surface area contributed by atoms with Crippen LogP contribution in [0.15, 0.2) is 36.7 Å². The van der Waals surface area contributed by atoms with E-state index in [9.17, 15) is 18.0 Å². The lowest BCUT2D eigenvalue weighted by Crippen LogP contribution is -2.47. The molecule has 1 saturated heterocycles. The highest BCUT2D eigenvalue weighted by Gasteiger charge is 2.30. The van der Waals surface area contributed by atoms with E-state index in [1.54, 1.807) is 13.3 Å². The normalized spacial score (nSPS) is 14.8. The van der Waals surface area contributed by atoms with E-state index < -0.39 is 12.7 Å². The molecule has 1 aliphatic rings. The first-order chi connectivity index (χ1) is 17.7. The Morgan fingerprint density at radius 3 is 2.59 bits per heavy atom. The van der Waals surface area contributed by atoms with E-state index in [2.05, 4.69) is 14.8 Å². The SMILES string of the molecule is COc1cc(-c2cnc3cc(N4CCN(CCO)CC4)ccn23)cc(CCN(C=O)CC(F)(F)F)c1C. The minimum atomic E-state index is -4.45. The molecule has 1 amide bonds. The molecule has 1 aliphatic heterocycles. The molecule has 200 valence electrons. The number of ether oxygens (including phenoxy) is 1. The molecule has 4 rings (SSSR count). The predicted octanol–water partition coefficient (Wildman–Crippen LogP) is 3.00. The van der Waals surface area contributed by atoms with Crippen molar-refractivity contribution in [3.05, 3.63) is 47.8 Å². The van der Waals surface area contributed by atoms with Crippen LogP contribution in [0.25, 0.3) is 16.9 Å². The number of fused-ring (bicyclic) bond motifs is 1. The van der Waals surface area contributed by atoms with Crippen LogP contribution in [-0.4, -0.2) is 96.4 Å². The van der Waals surface area contributed by atoms with Gasteiger partial charge in [-0.05, 0) is 42.7 Å². The quantitative estimate of drug-likeness (QED) is 0.416. The summed E-state index contributed by atoms with van der Waals surface area (Å²) in [7, 11) is 1.55. The number of aromatic nitrogens is 2. The largest absolute Gasteiger partial charge is 0.496 e. The van der Waals surface area contributed by atoms with Crippen molar-refractivity contribution in [2.45, 2.75) is 19.5 Å². The number of carbonyl (C=O) groups is 1. The van der Waals surface area contributed by atoms with Crippen LogP contribution >= 0.6 is 0 Å². The molecule has 0 unspecified atom stereocenters. The minimum Gasteiger partial charge on any atom is -0.496 e. The van der Waals surface area contributed by atoms with Crippen LogP contribution < -0.4 is 9.64 Å². The van der Waals surface area contributed by atoms with E-state index in [0.717, 1.165) is 64.8 Å². The lowest BCUT2D eigenvalue weighted by molar-refractivity contribution is -0.153. The Balaban J connectivity index is 1.57. The second-order valence-electron chi connectivity index (χ2n) is 9.21. The molecule has 2 aromatic heterocycles. The minimum absolute atomic E-state index is 0.0570. The van der Waals surface area contributed by atoms with Crippen molar-refractivity contribution in [3.63, 3.8) is 0 Å². The van der Waals surface area contributed by atoms with Gasteiger partial charge in [0, 0.05) is 62.8 Å². The highest BCUT2D eigenvalue weighted by atomic mass is 19.4. The third kappa shape index (κ3) is 6.34. The highest BCUT2D eigenvalue weighted by molar-refractivity contribution is 5.69. The Hall–Kier alpha value is -3.31. The summed E-state index contributed by atoms with van der Waals surface area (Å²) in [4.78, 5) is 21.0. The Morgan fingerprint density at radius 2 is 1.95 bits per heavy atom. The number of alkyl halides is 3. The standard InChI is InChI=1S/C26H32F3N5O3/c1-19-20(3-5-32(18-36)17-26(27,28)29)13-21(14-24(19)37-2)23-16-30-25-15-22(4-6-34(23)25)33-9-7-31(8-10-33)11-12-35/h4,6,13-16,18,35H,3,5,7-12,17H2,1-2H3. The zero-order valence-electron chi connectivity index (χ0n) is 21.0. The van der Waals surface area contributed by atoms with E-state index in [0.29, 0.717) is 12.3 Å². The van der Waals surface area contributed by atoms with E-state index in [4.69, 9.17) is 9.84 Å². The Kier molecular flexibility index (Phi) is 8.23. The van der Waals surface area contributed by atoms with Crippen LogP contribution in [0.5, 0.6) is 5.75 Å². The fourth-order valence-corrected chi connectivity index (χ4v) is 4.78. The molecule has 1 aromatic carbocycles. The van der Waals surface area contributed by atoms with Crippen molar-refractivity contribution in [1.82, 2.24) is 19.2 Å². The van der Waals surface area contributed by atoms with E-state index in [1.165, 1.54) is 0 Å². The number of β-amino-alcohol motifs (C(OH)–C–C–N with tert-alkyl or cyclic N) is 1. The number of benzene rings is 1. The molecule has 0 radical (unpaired) electrons. The van der Waals surface area contributed by atoms with Gasteiger partial charge < -0.3 is 19.6 Å². The molecule has 37 heavy (non-hydrogen) atoms. The van der Waals surface area contributed by atoms with Gasteiger partial charge in [0.05, 0.1) is 25.6 Å². The van der Waals surface area contributed by atoms with Crippen LogP contribution in [0.3, 0.4) is 0 Å². The van der Waals surface area contributed by atoms with Crippen LogP contribution in [0, 0.1) is 6.92 Å². The van der Waals surface area contributed by atoms with Gasteiger partial charge in [-0.2, -0.15) is 13.2 Å². The monoisotopic (exact) mass is 519 g/mol. The number of piperazine rings is 1. The van der Waals surface area contributed by atoms with Crippen LogP contribution in [0.2, 0.25) is 0 Å². The van der Waals surface area contributed by atoms with Gasteiger partial charge >= 0.3 is 6.18 Å². The average Bonchev–Trinajstić information content (AvgIpc) is 3.30. The molecular weight excluding hydrogens is 487 g/mol. The smallest absolute Gasteiger partial charge is 0.406 e. The maximum atomic E-state index is 12.8. The Bertz CT molecular complexity index is 1220. The molecule has 3 aromatic rings. The van der Waals surface area contributed by atoms with Crippen molar-refractivity contribution in [3.8, 4) is 17.0 Å². The van der Waals surface area contributed by atoms with Crippen molar-refractivity contribution in [2.24, 2.45) is 0 Å². The third-order valence-corrected chi connectivity index (χ3v) is 6.83. The van der Waals surface area contributed by atoms with Gasteiger partial charge in [-0.15, -0.1) is 0 Å². The van der Waals surface area contributed by atoms with Gasteiger partial charge in [0.1, 0.15) is 17.9 Å². The number of aliphatic hydroxyl groups is 1. The molecule has 8 nitrogen and oxygen atoms in total. The zero-order chi connectivity index (χ0) is 26.6. The number of aliphatic hydroxyl groups excluding tert-OH is 1. The Morgan fingerprint density at radius 1 is 1.19 bits per heavy atom. The summed E-state index contributed by atoms with van der Waals surface area (Å²) in [5.41, 5.74) is 5.13. The number of hydrogen-bond donors (Lipinski definition) is 1. The fourth-order valence-electron chi connectivity index (χ4n) is 4.78. The number of nitrogens with zero attached hydrogens (tertiary/aromatic N) is 5. The summed E-state index contributed by atoms with van der Waals surface area (Å²) in [6.07, 6.45) is -0.214. The molecule has 1 fully saturated rings. The highest BCUT2D eigenvalue weighted by Crippen LogP contribution is 2.32. The van der Waals surface area contributed by atoms with Crippen molar-refractivity contribution in [1.29, 1.82) is 0 Å². The van der Waals surface area contributed by atoms with Gasteiger partial charge in [-0.1, -0.05) is 0 Å². The van der Waals surface area contributed by atoms with Crippen molar-refractivity contribution < 1.29 is 27.8 Å². The van der Waals surface area contributed by atoms with E-state index in [-0.39, 0.29) is 26.0 Å². The second-order valence-corrected chi connectivity index (χ2v) is 9.21. The van der Waals surface area contributed by atoms with Crippen molar-refractivity contribution >= 4 is 17.7 Å². The number of hydrogen-bond acceptors (Lipinski definition) is 6. The van der Waals surface area contributed by atoms with E-state index in [1.807, 2.05) is 41.8 Å². The summed E-state index contributed by atoms with van der Waals surface area (Å²) in [6.45, 7) is 4.89. The number of amides is 1. The first kappa shape index (κ1) is 26.7. The average molecular weight is 520 g/mol. The number of halogens is 3. The Labute approximate surface area is 213 Å². The van der Waals surface area contributed by atoms with Gasteiger partial charge in [0.2, 0.25) is 6.41 Å². The summed E-state index contributed by atoms with van der Waals surface area (Å²) >= 11 is 0. The van der Waals surface area contributed by atoms with Gasteiger partial charge in [-0.25, -0.2) is 4.98 Å². The molecule has 0 saturated carbocycles. The molecule has 0 aliphatic carbocycles. The number of rotatable bonds is 10. The van der Waals surface area contributed by atoms with Gasteiger partial charge in [0.25, 0.3) is 0 Å². The summed E-state index contributed by atoms with van der Waals surface area (Å²) in [5, 5.41) is 9.16. The molecule has 0 spiro atoms. The summed E-state index contributed by atoms with van der Waals surface area (Å²) in [6, 6.07) is 7.90. The molecule has 0 bridgehead atoms. The number of imidazole rings is 1. The predicted molar refractivity (Wildman–Crippen MR) is 135 cm³/mol. The van der Waals surface area contributed by atoms with Crippen molar-refractivity contribution in [2.75, 3.05) is 64.4 Å². The second kappa shape index (κ2) is 11.4. The first-order valence-electron chi connectivity index (χ1n) is 12.2. The van der Waals surface area contributed by atoms with Crippen LogP contribution in [0.4, 0.5) is 18.9 Å². The molecule has 3 heterocycles. The number of anilines is 1. The van der Waals surface area contributed by atoms with Gasteiger partial charge in [-0.3, -0.25) is 14.1 Å². The third-order valence-electron chi connectivity index (χ3n) is 6.83. The van der Waals surface area contributed by atoms with E-state index >= 15 is 0 Å². The maximum absolute atomic E-state index is 12.8. The molecular formula is C26H32F3N5O3. The molecule has 1 N–H and O–H groups in total. The van der Waals surface area contributed by atoms with Gasteiger partial charge in [0.15, 0.2) is 0 Å². The topological polar surface area (TPSA) is 73.5 Å². The fraction of sp³-hybridized carbons (Fsp3) is 0.462.